The Morgan fingerprint density at radius 2 is 1.86 bits per heavy atom. The Bertz CT molecular complexity index is 548. The predicted octanol–water partition coefficient (Wildman–Crippen LogP) is 3.14. The minimum atomic E-state index is 0.110. The van der Waals surface area contributed by atoms with E-state index in [0.717, 1.165) is 24.4 Å². The molecule has 4 heteroatoms. The Balaban J connectivity index is 1.93. The molecule has 1 atom stereocenters. The fourth-order valence-corrected chi connectivity index (χ4v) is 2.60. The van der Waals surface area contributed by atoms with Gasteiger partial charge in [0.15, 0.2) is 5.78 Å². The molecule has 0 bridgehead atoms. The van der Waals surface area contributed by atoms with Crippen molar-refractivity contribution in [2.24, 2.45) is 0 Å². The number of hydrogen-bond donors (Lipinski definition) is 1. The van der Waals surface area contributed by atoms with E-state index < -0.39 is 0 Å². The molecule has 0 aliphatic carbocycles. The Kier molecular flexibility index (Phi) is 6.37. The first-order valence-electron chi connectivity index (χ1n) is 7.82. The summed E-state index contributed by atoms with van der Waals surface area (Å²) in [5.74, 6) is 1.04. The highest BCUT2D eigenvalue weighted by molar-refractivity contribution is 5.97. The van der Waals surface area contributed by atoms with Crippen molar-refractivity contribution in [3.05, 3.63) is 60.1 Å². The van der Waals surface area contributed by atoms with Gasteiger partial charge in [-0.1, -0.05) is 44.2 Å². The van der Waals surface area contributed by atoms with Gasteiger partial charge in [-0.05, 0) is 25.2 Å². The van der Waals surface area contributed by atoms with Gasteiger partial charge in [-0.15, -0.1) is 0 Å². The highest BCUT2D eigenvalue weighted by Gasteiger charge is 2.20. The molecule has 1 unspecified atom stereocenters. The van der Waals surface area contributed by atoms with Crippen molar-refractivity contribution in [1.82, 2.24) is 10.2 Å². The average molecular weight is 300 g/mol. The number of nitrogens with one attached hydrogen (secondary N) is 1. The number of likely N-dealkylation sites (N-methyl/N-ethyl adjacent to an activating group) is 1. The molecule has 22 heavy (non-hydrogen) atoms. The summed E-state index contributed by atoms with van der Waals surface area (Å²) in [5, 5.41) is 3.27. The highest BCUT2D eigenvalue weighted by atomic mass is 16.3. The van der Waals surface area contributed by atoms with Crippen LogP contribution in [0.3, 0.4) is 0 Å². The molecule has 4 nitrogen and oxygen atoms in total. The molecular weight excluding hydrogens is 276 g/mol. The van der Waals surface area contributed by atoms with E-state index in [2.05, 4.69) is 24.1 Å². The molecule has 1 N–H and O–H groups in total. The van der Waals surface area contributed by atoms with Crippen LogP contribution in [0, 0.1) is 0 Å². The third-order valence-electron chi connectivity index (χ3n) is 3.84. The monoisotopic (exact) mass is 300 g/mol. The lowest BCUT2D eigenvalue weighted by Gasteiger charge is -2.28. The third kappa shape index (κ3) is 4.29. The number of carbonyl (C=O) groups is 1. The van der Waals surface area contributed by atoms with E-state index in [4.69, 9.17) is 4.42 Å². The van der Waals surface area contributed by atoms with Gasteiger partial charge in [-0.2, -0.15) is 0 Å². The molecule has 1 aromatic heterocycles. The molecule has 118 valence electrons. The van der Waals surface area contributed by atoms with Crippen molar-refractivity contribution in [1.29, 1.82) is 0 Å². The molecule has 2 aromatic rings. The van der Waals surface area contributed by atoms with Crippen LogP contribution >= 0.6 is 0 Å². The zero-order valence-electron chi connectivity index (χ0n) is 13.3. The normalized spacial score (nSPS) is 12.5. The molecule has 0 saturated carbocycles. The zero-order valence-corrected chi connectivity index (χ0v) is 13.3. The quantitative estimate of drug-likeness (QED) is 0.723. The number of carbonyl (C=O) groups excluding carboxylic acids is 1. The Morgan fingerprint density at radius 1 is 1.14 bits per heavy atom. The van der Waals surface area contributed by atoms with Crippen LogP contribution in [-0.2, 0) is 0 Å². The minimum Gasteiger partial charge on any atom is -0.468 e. The molecule has 0 aliphatic heterocycles. The summed E-state index contributed by atoms with van der Waals surface area (Å²) in [5.41, 5.74) is 0.743. The van der Waals surface area contributed by atoms with Crippen molar-refractivity contribution < 1.29 is 9.21 Å². The maximum absolute atomic E-state index is 12.1. The van der Waals surface area contributed by atoms with Crippen LogP contribution in [0.2, 0.25) is 0 Å². The fraction of sp³-hybridized carbons (Fsp3) is 0.389. The van der Waals surface area contributed by atoms with Crippen LogP contribution < -0.4 is 5.32 Å². The number of ketones is 1. The van der Waals surface area contributed by atoms with Crippen LogP contribution in [0.25, 0.3) is 0 Å². The van der Waals surface area contributed by atoms with Gasteiger partial charge >= 0.3 is 0 Å². The molecule has 1 aromatic carbocycles. The second kappa shape index (κ2) is 8.51. The first kappa shape index (κ1) is 16.5. The van der Waals surface area contributed by atoms with Gasteiger partial charge in [-0.3, -0.25) is 9.69 Å². The predicted molar refractivity (Wildman–Crippen MR) is 88.0 cm³/mol. The van der Waals surface area contributed by atoms with E-state index >= 15 is 0 Å². The molecule has 0 radical (unpaired) electrons. The van der Waals surface area contributed by atoms with Gasteiger partial charge in [0.05, 0.1) is 18.8 Å². The lowest BCUT2D eigenvalue weighted by Crippen LogP contribution is -2.37. The summed E-state index contributed by atoms with van der Waals surface area (Å²) in [7, 11) is 0. The average Bonchev–Trinajstić information content (AvgIpc) is 3.09. The number of hydrogen-bond acceptors (Lipinski definition) is 4. The summed E-state index contributed by atoms with van der Waals surface area (Å²) in [6.07, 6.45) is 1.70. The van der Waals surface area contributed by atoms with Gasteiger partial charge < -0.3 is 9.73 Å². The first-order chi connectivity index (χ1) is 10.8. The molecule has 0 saturated heterocycles. The number of benzene rings is 1. The molecule has 0 aliphatic rings. The van der Waals surface area contributed by atoms with E-state index in [1.54, 1.807) is 6.26 Å². The molecule has 0 spiro atoms. The van der Waals surface area contributed by atoms with Crippen LogP contribution in [-0.4, -0.2) is 36.9 Å². The number of nitrogens with zero attached hydrogens (tertiary/aromatic N) is 1. The van der Waals surface area contributed by atoms with E-state index in [-0.39, 0.29) is 11.8 Å². The van der Waals surface area contributed by atoms with Crippen molar-refractivity contribution in [3.63, 3.8) is 0 Å². The Labute approximate surface area is 132 Å². The third-order valence-corrected chi connectivity index (χ3v) is 3.84. The Hall–Kier alpha value is -1.91. The van der Waals surface area contributed by atoms with E-state index in [0.29, 0.717) is 13.1 Å². The molecule has 0 amide bonds. The van der Waals surface area contributed by atoms with E-state index in [9.17, 15) is 4.79 Å². The largest absolute Gasteiger partial charge is 0.468 e. The summed E-state index contributed by atoms with van der Waals surface area (Å²) in [6, 6.07) is 13.4. The van der Waals surface area contributed by atoms with Gasteiger partial charge in [0.25, 0.3) is 0 Å². The standard InChI is InChI=1S/C18H24N2O2/c1-3-20(4-2)16(18-11-8-12-22-18)13-19-14-17(21)15-9-6-5-7-10-15/h5-12,16,19H,3-4,13-14H2,1-2H3. The minimum absolute atomic E-state index is 0.110. The lowest BCUT2D eigenvalue weighted by molar-refractivity contribution is 0.0985. The summed E-state index contributed by atoms with van der Waals surface area (Å²) >= 11 is 0. The van der Waals surface area contributed by atoms with E-state index in [1.807, 2.05) is 42.5 Å². The second-order valence-corrected chi connectivity index (χ2v) is 5.17. The van der Waals surface area contributed by atoms with Crippen LogP contribution in [0.4, 0.5) is 0 Å². The van der Waals surface area contributed by atoms with Crippen LogP contribution in [0.5, 0.6) is 0 Å². The number of Topliss-reactive ketones (excluding diaryl/α,β-unsaturated/α-hetero) is 1. The van der Waals surface area contributed by atoms with Gasteiger partial charge in [0, 0.05) is 12.1 Å². The molecular formula is C18H24N2O2. The molecule has 0 fully saturated rings. The van der Waals surface area contributed by atoms with Gasteiger partial charge in [0.1, 0.15) is 5.76 Å². The van der Waals surface area contributed by atoms with Crippen molar-refractivity contribution in [2.45, 2.75) is 19.9 Å². The second-order valence-electron chi connectivity index (χ2n) is 5.17. The number of furan rings is 1. The van der Waals surface area contributed by atoms with Gasteiger partial charge in [-0.25, -0.2) is 0 Å². The lowest BCUT2D eigenvalue weighted by atomic mass is 10.1. The summed E-state index contributed by atoms with van der Waals surface area (Å²) in [4.78, 5) is 14.4. The molecule has 2 rings (SSSR count). The van der Waals surface area contributed by atoms with E-state index in [1.165, 1.54) is 0 Å². The van der Waals surface area contributed by atoms with Crippen LogP contribution in [0.1, 0.15) is 36.0 Å². The molecule has 1 heterocycles. The van der Waals surface area contributed by atoms with Crippen molar-refractivity contribution >= 4 is 5.78 Å². The number of rotatable bonds is 9. The smallest absolute Gasteiger partial charge is 0.176 e. The topological polar surface area (TPSA) is 45.5 Å². The van der Waals surface area contributed by atoms with Gasteiger partial charge in [0.2, 0.25) is 0 Å². The SMILES string of the molecule is CCN(CC)C(CNCC(=O)c1ccccc1)c1ccco1. The highest BCUT2D eigenvalue weighted by Crippen LogP contribution is 2.20. The first-order valence-corrected chi connectivity index (χ1v) is 7.82. The van der Waals surface area contributed by atoms with Crippen molar-refractivity contribution in [2.75, 3.05) is 26.2 Å². The maximum atomic E-state index is 12.1. The fourth-order valence-electron chi connectivity index (χ4n) is 2.60. The maximum Gasteiger partial charge on any atom is 0.176 e. The van der Waals surface area contributed by atoms with Crippen molar-refractivity contribution in [3.8, 4) is 0 Å². The Morgan fingerprint density at radius 3 is 2.45 bits per heavy atom. The van der Waals surface area contributed by atoms with Crippen LogP contribution in [0.15, 0.2) is 53.1 Å². The summed E-state index contributed by atoms with van der Waals surface area (Å²) in [6.45, 7) is 7.17. The zero-order chi connectivity index (χ0) is 15.8. The summed E-state index contributed by atoms with van der Waals surface area (Å²) < 4.78 is 5.56.